The number of nitrogens with zero attached hydrogens (tertiary/aromatic N) is 3. The zero-order chi connectivity index (χ0) is 19.1. The first-order valence-corrected chi connectivity index (χ1v) is 9.71. The summed E-state index contributed by atoms with van der Waals surface area (Å²) in [5.74, 6) is 0. The van der Waals surface area contributed by atoms with Crippen LogP contribution in [-0.4, -0.2) is 35.1 Å². The molecular formula is C20H23Cl2N5. The van der Waals surface area contributed by atoms with Crippen LogP contribution in [0.4, 0.5) is 0 Å². The van der Waals surface area contributed by atoms with E-state index in [2.05, 4.69) is 22.8 Å². The van der Waals surface area contributed by atoms with Crippen LogP contribution in [0.15, 0.2) is 48.5 Å². The normalized spacial score (nSPS) is 11.1. The number of nitrogens with one attached hydrogen (secondary N) is 2. The van der Waals surface area contributed by atoms with Crippen LogP contribution in [0.25, 0.3) is 11.3 Å². The Morgan fingerprint density at radius 3 is 2.52 bits per heavy atom. The predicted molar refractivity (Wildman–Crippen MR) is 111 cm³/mol. The van der Waals surface area contributed by atoms with E-state index in [1.165, 1.54) is 0 Å². The minimum Gasteiger partial charge on any atom is -0.320 e. The summed E-state index contributed by atoms with van der Waals surface area (Å²) < 4.78 is 0. The molecular weight excluding hydrogens is 381 g/mol. The highest BCUT2D eigenvalue weighted by atomic mass is 35.5. The van der Waals surface area contributed by atoms with Gasteiger partial charge in [-0.2, -0.15) is 15.0 Å². The highest BCUT2D eigenvalue weighted by Gasteiger charge is 2.13. The second-order valence-corrected chi connectivity index (χ2v) is 7.09. The molecule has 7 heteroatoms. The standard InChI is InChI=1S/C20H23Cl2N5/c1-23-10-5-11-24-13-19-20(16-6-3-2-4-7-16)26-27(25-19)14-15-8-9-17(21)18(22)12-15/h2-4,6-9,12,23-24H,5,10-11,13-14H2,1H3. The number of hydrogen-bond acceptors (Lipinski definition) is 4. The van der Waals surface area contributed by atoms with Gasteiger partial charge in [0.2, 0.25) is 0 Å². The Bertz CT molecular complexity index is 864. The molecule has 0 saturated carbocycles. The van der Waals surface area contributed by atoms with Crippen molar-refractivity contribution in [1.29, 1.82) is 0 Å². The Balaban J connectivity index is 1.79. The molecule has 5 nitrogen and oxygen atoms in total. The minimum atomic E-state index is 0.538. The van der Waals surface area contributed by atoms with E-state index in [0.717, 1.165) is 42.0 Å². The van der Waals surface area contributed by atoms with Gasteiger partial charge in [0.25, 0.3) is 0 Å². The first kappa shape index (κ1) is 19.8. The van der Waals surface area contributed by atoms with Gasteiger partial charge in [0.05, 0.1) is 16.6 Å². The number of hydrogen-bond donors (Lipinski definition) is 2. The van der Waals surface area contributed by atoms with Crippen LogP contribution in [0.5, 0.6) is 0 Å². The van der Waals surface area contributed by atoms with Crippen molar-refractivity contribution in [2.45, 2.75) is 19.5 Å². The maximum Gasteiger partial charge on any atom is 0.117 e. The highest BCUT2D eigenvalue weighted by molar-refractivity contribution is 6.42. The second kappa shape index (κ2) is 9.85. The molecule has 0 aliphatic carbocycles. The van der Waals surface area contributed by atoms with Crippen molar-refractivity contribution in [1.82, 2.24) is 25.6 Å². The summed E-state index contributed by atoms with van der Waals surface area (Å²) in [5.41, 5.74) is 3.90. The van der Waals surface area contributed by atoms with E-state index in [0.29, 0.717) is 23.1 Å². The maximum absolute atomic E-state index is 6.13. The van der Waals surface area contributed by atoms with Gasteiger partial charge in [0.15, 0.2) is 0 Å². The summed E-state index contributed by atoms with van der Waals surface area (Å²) in [4.78, 5) is 1.71. The van der Waals surface area contributed by atoms with Gasteiger partial charge in [0, 0.05) is 12.1 Å². The monoisotopic (exact) mass is 403 g/mol. The fourth-order valence-corrected chi connectivity index (χ4v) is 3.11. The molecule has 27 heavy (non-hydrogen) atoms. The van der Waals surface area contributed by atoms with Crippen molar-refractivity contribution in [3.05, 3.63) is 69.8 Å². The molecule has 0 atom stereocenters. The molecule has 142 valence electrons. The zero-order valence-corrected chi connectivity index (χ0v) is 16.8. The first-order valence-electron chi connectivity index (χ1n) is 8.96. The van der Waals surface area contributed by atoms with E-state index in [1.54, 1.807) is 10.9 Å². The largest absolute Gasteiger partial charge is 0.320 e. The van der Waals surface area contributed by atoms with Gasteiger partial charge >= 0.3 is 0 Å². The molecule has 0 saturated heterocycles. The maximum atomic E-state index is 6.13. The molecule has 0 bridgehead atoms. The summed E-state index contributed by atoms with van der Waals surface area (Å²) in [7, 11) is 1.96. The van der Waals surface area contributed by atoms with Crippen LogP contribution in [0.2, 0.25) is 10.0 Å². The second-order valence-electron chi connectivity index (χ2n) is 6.27. The average Bonchev–Trinajstić information content (AvgIpc) is 3.08. The van der Waals surface area contributed by atoms with Gasteiger partial charge < -0.3 is 10.6 Å². The molecule has 3 aromatic rings. The van der Waals surface area contributed by atoms with Gasteiger partial charge in [-0.3, -0.25) is 0 Å². The lowest BCUT2D eigenvalue weighted by Crippen LogP contribution is -2.20. The zero-order valence-electron chi connectivity index (χ0n) is 15.3. The molecule has 1 aromatic heterocycles. The third-order valence-electron chi connectivity index (χ3n) is 4.15. The van der Waals surface area contributed by atoms with Gasteiger partial charge in [-0.25, -0.2) is 0 Å². The quantitative estimate of drug-likeness (QED) is 0.530. The molecule has 1 heterocycles. The number of aromatic nitrogens is 3. The third kappa shape index (κ3) is 5.53. The van der Waals surface area contributed by atoms with Crippen LogP contribution < -0.4 is 10.6 Å². The number of benzene rings is 2. The number of halogens is 2. The van der Waals surface area contributed by atoms with Crippen molar-refractivity contribution in [3.8, 4) is 11.3 Å². The van der Waals surface area contributed by atoms with Crippen LogP contribution in [0.1, 0.15) is 17.7 Å². The summed E-state index contributed by atoms with van der Waals surface area (Å²) in [6.45, 7) is 3.13. The Kier molecular flexibility index (Phi) is 7.24. The highest BCUT2D eigenvalue weighted by Crippen LogP contribution is 2.24. The summed E-state index contributed by atoms with van der Waals surface area (Å²) in [5, 5.41) is 17.1. The lowest BCUT2D eigenvalue weighted by molar-refractivity contribution is 0.571. The molecule has 0 spiro atoms. The Morgan fingerprint density at radius 1 is 0.963 bits per heavy atom. The topological polar surface area (TPSA) is 54.8 Å². The van der Waals surface area contributed by atoms with Crippen molar-refractivity contribution in [2.24, 2.45) is 0 Å². The van der Waals surface area contributed by atoms with Crippen LogP contribution in [0.3, 0.4) is 0 Å². The minimum absolute atomic E-state index is 0.538. The molecule has 3 rings (SSSR count). The lowest BCUT2D eigenvalue weighted by atomic mass is 10.1. The molecule has 2 N–H and O–H groups in total. The molecule has 0 aliphatic heterocycles. The molecule has 0 aliphatic rings. The van der Waals surface area contributed by atoms with E-state index >= 15 is 0 Å². The van der Waals surface area contributed by atoms with E-state index < -0.39 is 0 Å². The lowest BCUT2D eigenvalue weighted by Gasteiger charge is -2.04. The Morgan fingerprint density at radius 2 is 1.78 bits per heavy atom. The molecule has 0 amide bonds. The predicted octanol–water partition coefficient (Wildman–Crippen LogP) is 4.00. The summed E-state index contributed by atoms with van der Waals surface area (Å²) in [6.07, 6.45) is 1.06. The third-order valence-corrected chi connectivity index (χ3v) is 4.89. The first-order chi connectivity index (χ1) is 13.2. The fraction of sp³-hybridized carbons (Fsp3) is 0.300. The van der Waals surface area contributed by atoms with Gasteiger partial charge in [-0.1, -0.05) is 59.6 Å². The van der Waals surface area contributed by atoms with Crippen LogP contribution >= 0.6 is 23.2 Å². The van der Waals surface area contributed by atoms with Crippen molar-refractivity contribution in [2.75, 3.05) is 20.1 Å². The molecule has 2 aromatic carbocycles. The smallest absolute Gasteiger partial charge is 0.117 e. The van der Waals surface area contributed by atoms with Crippen LogP contribution in [-0.2, 0) is 13.1 Å². The van der Waals surface area contributed by atoms with Crippen molar-refractivity contribution < 1.29 is 0 Å². The summed E-state index contributed by atoms with van der Waals surface area (Å²) in [6, 6.07) is 15.7. The Labute approximate surface area is 169 Å². The van der Waals surface area contributed by atoms with E-state index in [-0.39, 0.29) is 0 Å². The SMILES string of the molecule is CNCCCNCc1nn(Cc2ccc(Cl)c(Cl)c2)nc1-c1ccccc1. The van der Waals surface area contributed by atoms with Crippen molar-refractivity contribution >= 4 is 23.2 Å². The van der Waals surface area contributed by atoms with E-state index in [9.17, 15) is 0 Å². The van der Waals surface area contributed by atoms with Crippen LogP contribution in [0, 0.1) is 0 Å². The number of rotatable bonds is 9. The van der Waals surface area contributed by atoms with E-state index in [1.807, 2.05) is 37.4 Å². The average molecular weight is 404 g/mol. The van der Waals surface area contributed by atoms with Gasteiger partial charge in [-0.15, -0.1) is 0 Å². The Hall–Kier alpha value is -1.92. The molecule has 0 radical (unpaired) electrons. The molecule has 0 unspecified atom stereocenters. The van der Waals surface area contributed by atoms with Gasteiger partial charge in [0.1, 0.15) is 11.4 Å². The van der Waals surface area contributed by atoms with Gasteiger partial charge in [-0.05, 0) is 44.3 Å². The molecule has 0 fully saturated rings. The fourth-order valence-electron chi connectivity index (χ4n) is 2.79. The summed E-state index contributed by atoms with van der Waals surface area (Å²) >= 11 is 12.1. The van der Waals surface area contributed by atoms with E-state index in [4.69, 9.17) is 33.4 Å². The van der Waals surface area contributed by atoms with Crippen molar-refractivity contribution in [3.63, 3.8) is 0 Å².